The molecule has 0 aliphatic rings. The zero-order valence-electron chi connectivity index (χ0n) is 11.7. The van der Waals surface area contributed by atoms with Crippen molar-refractivity contribution in [2.45, 2.75) is 6.92 Å². The van der Waals surface area contributed by atoms with Gasteiger partial charge in [-0.2, -0.15) is 0 Å². The molecule has 1 N–H and O–H groups in total. The van der Waals surface area contributed by atoms with Crippen molar-refractivity contribution in [2.24, 2.45) is 7.05 Å². The van der Waals surface area contributed by atoms with E-state index in [1.54, 1.807) is 42.9 Å². The molecule has 0 bridgehead atoms. The Kier molecular flexibility index (Phi) is 4.43. The summed E-state index contributed by atoms with van der Waals surface area (Å²) in [6.07, 6.45) is 0. The minimum atomic E-state index is -3.62. The van der Waals surface area contributed by atoms with Gasteiger partial charge in [-0.25, -0.2) is 13.1 Å². The maximum Gasteiger partial charge on any atom is 0.296 e. The Balaban J connectivity index is 2.54. The van der Waals surface area contributed by atoms with E-state index in [0.29, 0.717) is 11.4 Å². The molecular weight excluding hydrogens is 314 g/mol. The summed E-state index contributed by atoms with van der Waals surface area (Å²) >= 11 is 5.46. The minimum Gasteiger partial charge on any atom is -0.283 e. The number of para-hydroxylation sites is 1. The molecule has 8 heteroatoms. The molecule has 6 nitrogen and oxygen atoms in total. The van der Waals surface area contributed by atoms with Gasteiger partial charge in [0.25, 0.3) is 5.56 Å². The van der Waals surface area contributed by atoms with E-state index in [2.05, 4.69) is 4.72 Å². The molecule has 0 unspecified atom stereocenters. The maximum atomic E-state index is 12.5. The summed E-state index contributed by atoms with van der Waals surface area (Å²) in [5.74, 6) is -0.276. The van der Waals surface area contributed by atoms with Crippen LogP contribution in [0.25, 0.3) is 5.69 Å². The Bertz CT molecular complexity index is 794. The lowest BCUT2D eigenvalue weighted by atomic mass is 10.3. The van der Waals surface area contributed by atoms with Crippen molar-refractivity contribution in [1.82, 2.24) is 9.36 Å². The summed E-state index contributed by atoms with van der Waals surface area (Å²) < 4.78 is 29.0. The molecule has 0 saturated heterocycles. The molecule has 1 aromatic heterocycles. The van der Waals surface area contributed by atoms with E-state index in [4.69, 9.17) is 11.6 Å². The molecule has 1 heterocycles. The largest absolute Gasteiger partial charge is 0.296 e. The monoisotopic (exact) mass is 329 g/mol. The van der Waals surface area contributed by atoms with Crippen molar-refractivity contribution >= 4 is 27.3 Å². The van der Waals surface area contributed by atoms with E-state index in [1.165, 1.54) is 4.68 Å². The fourth-order valence-electron chi connectivity index (χ4n) is 1.99. The molecule has 2 aromatic rings. The number of nitrogens with zero attached hydrogens (tertiary/aromatic N) is 2. The Morgan fingerprint density at radius 3 is 2.43 bits per heavy atom. The van der Waals surface area contributed by atoms with E-state index in [9.17, 15) is 13.2 Å². The van der Waals surface area contributed by atoms with Crippen LogP contribution in [0.5, 0.6) is 0 Å². The summed E-state index contributed by atoms with van der Waals surface area (Å²) in [4.78, 5) is 12.5. The van der Waals surface area contributed by atoms with Gasteiger partial charge in [0.15, 0.2) is 0 Å². The van der Waals surface area contributed by atoms with Gasteiger partial charge in [-0.1, -0.05) is 18.2 Å². The normalized spacial score (nSPS) is 11.6. The molecule has 0 amide bonds. The third-order valence-corrected chi connectivity index (χ3v) is 4.83. The highest BCUT2D eigenvalue weighted by atomic mass is 35.5. The van der Waals surface area contributed by atoms with Crippen LogP contribution in [0.15, 0.2) is 35.1 Å². The van der Waals surface area contributed by atoms with Crippen LogP contribution in [-0.4, -0.2) is 29.4 Å². The molecule has 0 aliphatic heterocycles. The average molecular weight is 330 g/mol. The molecule has 0 saturated carbocycles. The van der Waals surface area contributed by atoms with Crippen LogP contribution in [0.4, 0.5) is 5.69 Å². The molecule has 0 fully saturated rings. The quantitative estimate of drug-likeness (QED) is 0.844. The Morgan fingerprint density at radius 2 is 1.86 bits per heavy atom. The fraction of sp³-hybridized carbons (Fsp3) is 0.308. The first-order valence-corrected chi connectivity index (χ1v) is 8.46. The molecule has 2 rings (SSSR count). The molecule has 0 aliphatic carbocycles. The number of rotatable bonds is 5. The van der Waals surface area contributed by atoms with Gasteiger partial charge >= 0.3 is 0 Å². The van der Waals surface area contributed by atoms with Gasteiger partial charge in [-0.3, -0.25) is 14.2 Å². The lowest BCUT2D eigenvalue weighted by molar-refractivity contribution is 0.602. The standard InChI is InChI=1S/C13H16ClN3O3S/c1-10-12(15-21(19,20)9-8-14)13(18)17(16(10)2)11-6-4-3-5-7-11/h3-7,15H,8-9H2,1-2H3. The van der Waals surface area contributed by atoms with Crippen molar-refractivity contribution in [3.8, 4) is 5.69 Å². The predicted molar refractivity (Wildman–Crippen MR) is 83.9 cm³/mol. The molecular formula is C13H16ClN3O3S. The Hall–Kier alpha value is -1.73. The Labute approximate surface area is 128 Å². The molecule has 1 aromatic carbocycles. The number of hydrogen-bond donors (Lipinski definition) is 1. The molecule has 0 radical (unpaired) electrons. The zero-order valence-corrected chi connectivity index (χ0v) is 13.3. The van der Waals surface area contributed by atoms with Crippen LogP contribution in [0.2, 0.25) is 0 Å². The Morgan fingerprint density at radius 1 is 1.24 bits per heavy atom. The highest BCUT2D eigenvalue weighted by Crippen LogP contribution is 2.15. The van der Waals surface area contributed by atoms with Crippen LogP contribution in [0, 0.1) is 6.92 Å². The van der Waals surface area contributed by atoms with Gasteiger partial charge in [0, 0.05) is 12.9 Å². The van der Waals surface area contributed by atoms with Crippen LogP contribution in [0.1, 0.15) is 5.69 Å². The lowest BCUT2D eigenvalue weighted by Crippen LogP contribution is -2.24. The van der Waals surface area contributed by atoms with Crippen molar-refractivity contribution in [3.05, 3.63) is 46.4 Å². The first-order chi connectivity index (χ1) is 9.87. The second-order valence-corrected chi connectivity index (χ2v) is 6.77. The number of sulfonamides is 1. The predicted octanol–water partition coefficient (Wildman–Crippen LogP) is 1.46. The van der Waals surface area contributed by atoms with Gasteiger partial charge in [-0.05, 0) is 19.1 Å². The van der Waals surface area contributed by atoms with Crippen LogP contribution < -0.4 is 10.3 Å². The van der Waals surface area contributed by atoms with E-state index in [1.807, 2.05) is 6.07 Å². The summed E-state index contributed by atoms with van der Waals surface area (Å²) in [7, 11) is -1.93. The smallest absolute Gasteiger partial charge is 0.283 e. The van der Waals surface area contributed by atoms with Crippen LogP contribution in [-0.2, 0) is 17.1 Å². The summed E-state index contributed by atoms with van der Waals surface area (Å²) in [5.41, 5.74) is 0.823. The van der Waals surface area contributed by atoms with E-state index in [0.717, 1.165) is 0 Å². The van der Waals surface area contributed by atoms with Gasteiger partial charge in [0.1, 0.15) is 5.69 Å². The number of hydrogen-bond acceptors (Lipinski definition) is 3. The molecule has 0 atom stereocenters. The van der Waals surface area contributed by atoms with Crippen molar-refractivity contribution in [1.29, 1.82) is 0 Å². The highest BCUT2D eigenvalue weighted by Gasteiger charge is 2.20. The van der Waals surface area contributed by atoms with Gasteiger partial charge in [0.05, 0.1) is 17.1 Å². The summed E-state index contributed by atoms with van der Waals surface area (Å²) in [6, 6.07) is 9.01. The van der Waals surface area contributed by atoms with Gasteiger partial charge in [0.2, 0.25) is 10.0 Å². The number of anilines is 1. The molecule has 0 spiro atoms. The number of aromatic nitrogens is 2. The lowest BCUT2D eigenvalue weighted by Gasteiger charge is -2.07. The number of alkyl halides is 1. The highest BCUT2D eigenvalue weighted by molar-refractivity contribution is 7.92. The third-order valence-electron chi connectivity index (χ3n) is 3.16. The zero-order chi connectivity index (χ0) is 15.6. The van der Waals surface area contributed by atoms with Gasteiger partial charge < -0.3 is 0 Å². The molecule has 21 heavy (non-hydrogen) atoms. The first kappa shape index (κ1) is 15.7. The maximum absolute atomic E-state index is 12.5. The number of nitrogens with one attached hydrogen (secondary N) is 1. The third kappa shape index (κ3) is 3.14. The summed E-state index contributed by atoms with van der Waals surface area (Å²) in [6.45, 7) is 1.68. The fourth-order valence-corrected chi connectivity index (χ4v) is 3.45. The second kappa shape index (κ2) is 5.95. The van der Waals surface area contributed by atoms with Crippen LogP contribution >= 0.6 is 11.6 Å². The second-order valence-electron chi connectivity index (χ2n) is 4.55. The number of halogens is 1. The molecule has 114 valence electrons. The summed E-state index contributed by atoms with van der Waals surface area (Å²) in [5, 5.41) is 0. The SMILES string of the molecule is Cc1c(NS(=O)(=O)CCCl)c(=O)n(-c2ccccc2)n1C. The van der Waals surface area contributed by atoms with E-state index in [-0.39, 0.29) is 17.3 Å². The van der Waals surface area contributed by atoms with Crippen LogP contribution in [0.3, 0.4) is 0 Å². The number of benzene rings is 1. The topological polar surface area (TPSA) is 73.1 Å². The van der Waals surface area contributed by atoms with Crippen molar-refractivity contribution in [2.75, 3.05) is 16.4 Å². The van der Waals surface area contributed by atoms with E-state index >= 15 is 0 Å². The van der Waals surface area contributed by atoms with E-state index < -0.39 is 15.6 Å². The minimum absolute atomic E-state index is 0.0336. The van der Waals surface area contributed by atoms with Gasteiger partial charge in [-0.15, -0.1) is 11.6 Å². The van der Waals surface area contributed by atoms with Crippen molar-refractivity contribution < 1.29 is 8.42 Å². The first-order valence-electron chi connectivity index (χ1n) is 6.28. The van der Waals surface area contributed by atoms with Crippen molar-refractivity contribution in [3.63, 3.8) is 0 Å². The average Bonchev–Trinajstić information content (AvgIpc) is 2.63.